The molecule has 0 aromatic carbocycles. The van der Waals surface area contributed by atoms with Gasteiger partial charge in [0.25, 0.3) is 0 Å². The van der Waals surface area contributed by atoms with Crippen LogP contribution in [-0.2, 0) is 14.3 Å². The maximum absolute atomic E-state index is 11.5. The molecule has 0 aromatic rings. The van der Waals surface area contributed by atoms with E-state index in [-0.39, 0.29) is 24.0 Å². The first-order valence-electron chi connectivity index (χ1n) is 9.85. The van der Waals surface area contributed by atoms with Gasteiger partial charge in [0.05, 0.1) is 6.04 Å². The van der Waals surface area contributed by atoms with Crippen molar-refractivity contribution in [1.82, 2.24) is 4.90 Å². The van der Waals surface area contributed by atoms with E-state index in [0.29, 0.717) is 6.42 Å². The van der Waals surface area contributed by atoms with Crippen molar-refractivity contribution < 1.29 is 19.1 Å². The summed E-state index contributed by atoms with van der Waals surface area (Å²) in [5, 5.41) is 0. The third-order valence-electron chi connectivity index (χ3n) is 4.49. The van der Waals surface area contributed by atoms with Gasteiger partial charge in [0.15, 0.2) is 0 Å². The van der Waals surface area contributed by atoms with Crippen molar-refractivity contribution in [3.05, 3.63) is 60.8 Å². The molecule has 1 aliphatic carbocycles. The molecule has 0 saturated carbocycles. The van der Waals surface area contributed by atoms with E-state index in [2.05, 4.69) is 61.6 Å². The Morgan fingerprint density at radius 1 is 1.38 bits per heavy atom. The van der Waals surface area contributed by atoms with E-state index in [1.165, 1.54) is 17.4 Å². The zero-order valence-corrected chi connectivity index (χ0v) is 18.8. The number of ether oxygens (including phenoxy) is 2. The number of nitrogens with zero attached hydrogens (tertiary/aromatic N) is 1. The van der Waals surface area contributed by atoms with Crippen molar-refractivity contribution in [2.45, 2.75) is 53.0 Å². The van der Waals surface area contributed by atoms with E-state index >= 15 is 0 Å². The molecule has 1 aliphatic heterocycles. The highest BCUT2D eigenvalue weighted by molar-refractivity contribution is 5.92. The molecule has 2 amide bonds. The number of rotatable bonds is 5. The summed E-state index contributed by atoms with van der Waals surface area (Å²) in [7, 11) is 3.25. The fraction of sp³-hybridized carbons (Fsp3) is 0.500. The average Bonchev–Trinajstić information content (AvgIpc) is 2.87. The second-order valence-electron chi connectivity index (χ2n) is 7.39. The SMILES string of the molecule is C=CC(C)(C/C=C\C)C[C@H]1COC(=O)N1C(C)=O.CC1=CC=CC=CC1.COC. The Labute approximate surface area is 176 Å². The molecule has 2 rings (SSSR count). The van der Waals surface area contributed by atoms with Gasteiger partial charge in [-0.2, -0.15) is 0 Å². The molecule has 2 atom stereocenters. The van der Waals surface area contributed by atoms with Crippen molar-refractivity contribution in [3.8, 4) is 0 Å². The van der Waals surface area contributed by atoms with Crippen LogP contribution in [0.5, 0.6) is 0 Å². The number of carbonyl (C=O) groups excluding carboxylic acids is 2. The van der Waals surface area contributed by atoms with Crippen LogP contribution in [-0.4, -0.2) is 43.8 Å². The number of allylic oxidation sites excluding steroid dienone is 9. The van der Waals surface area contributed by atoms with Crippen LogP contribution in [0.4, 0.5) is 4.79 Å². The minimum Gasteiger partial charge on any atom is -0.447 e. The van der Waals surface area contributed by atoms with Gasteiger partial charge in [-0.05, 0) is 38.5 Å². The van der Waals surface area contributed by atoms with Crippen molar-refractivity contribution in [2.24, 2.45) is 5.41 Å². The third kappa shape index (κ3) is 10.6. The van der Waals surface area contributed by atoms with Gasteiger partial charge in [-0.15, -0.1) is 6.58 Å². The van der Waals surface area contributed by atoms with Crippen molar-refractivity contribution >= 4 is 12.0 Å². The van der Waals surface area contributed by atoms with Crippen LogP contribution in [0, 0.1) is 5.41 Å². The molecule has 0 bridgehead atoms. The molecule has 162 valence electrons. The first-order valence-corrected chi connectivity index (χ1v) is 9.85. The summed E-state index contributed by atoms with van der Waals surface area (Å²) < 4.78 is 9.20. The first kappa shape index (κ1) is 26.6. The van der Waals surface area contributed by atoms with Crippen molar-refractivity contribution in [1.29, 1.82) is 0 Å². The fourth-order valence-corrected chi connectivity index (χ4v) is 2.86. The lowest BCUT2D eigenvalue weighted by Crippen LogP contribution is -2.40. The molecule has 1 unspecified atom stereocenters. The van der Waals surface area contributed by atoms with Crippen molar-refractivity contribution in [3.63, 3.8) is 0 Å². The summed E-state index contributed by atoms with van der Waals surface area (Å²) in [6, 6.07) is -0.191. The number of hydrogen-bond acceptors (Lipinski definition) is 4. The molecule has 29 heavy (non-hydrogen) atoms. The van der Waals surface area contributed by atoms with Crippen LogP contribution in [0.1, 0.15) is 47.0 Å². The maximum atomic E-state index is 11.5. The molecule has 5 nitrogen and oxygen atoms in total. The number of cyclic esters (lactones) is 1. The second-order valence-corrected chi connectivity index (χ2v) is 7.39. The third-order valence-corrected chi connectivity index (χ3v) is 4.49. The zero-order chi connectivity index (χ0) is 22.3. The van der Waals surface area contributed by atoms with Crippen molar-refractivity contribution in [2.75, 3.05) is 20.8 Å². The minimum atomic E-state index is -0.537. The highest BCUT2D eigenvalue weighted by Gasteiger charge is 2.39. The van der Waals surface area contributed by atoms with Crippen LogP contribution in [0.25, 0.3) is 0 Å². The molecule has 5 heteroatoms. The minimum absolute atomic E-state index is 0.140. The molecule has 0 radical (unpaired) electrons. The lowest BCUT2D eigenvalue weighted by atomic mass is 9.80. The summed E-state index contributed by atoms with van der Waals surface area (Å²) >= 11 is 0. The lowest BCUT2D eigenvalue weighted by molar-refractivity contribution is -0.127. The second kappa shape index (κ2) is 14.6. The van der Waals surface area contributed by atoms with Gasteiger partial charge in [-0.1, -0.05) is 61.1 Å². The first-order chi connectivity index (χ1) is 13.7. The summed E-state index contributed by atoms with van der Waals surface area (Å²) in [5.74, 6) is -0.264. The number of hydrogen-bond donors (Lipinski definition) is 0. The molecular weight excluding hydrogens is 366 g/mol. The van der Waals surface area contributed by atoms with Gasteiger partial charge in [-0.3, -0.25) is 4.79 Å². The zero-order valence-electron chi connectivity index (χ0n) is 18.8. The molecule has 0 spiro atoms. The Balaban J connectivity index is 0.000000586. The topological polar surface area (TPSA) is 55.8 Å². The Hall–Kier alpha value is -2.40. The smallest absolute Gasteiger partial charge is 0.416 e. The Kier molecular flexibility index (Phi) is 13.4. The largest absolute Gasteiger partial charge is 0.447 e. The van der Waals surface area contributed by atoms with E-state index in [9.17, 15) is 9.59 Å². The Morgan fingerprint density at radius 2 is 2.03 bits per heavy atom. The van der Waals surface area contributed by atoms with Gasteiger partial charge in [0.2, 0.25) is 5.91 Å². The van der Waals surface area contributed by atoms with Gasteiger partial charge >= 0.3 is 6.09 Å². The van der Waals surface area contributed by atoms with E-state index in [4.69, 9.17) is 4.74 Å². The van der Waals surface area contributed by atoms with Gasteiger partial charge in [0, 0.05) is 21.1 Å². The van der Waals surface area contributed by atoms with Crippen LogP contribution in [0.2, 0.25) is 0 Å². The molecule has 2 aliphatic rings. The van der Waals surface area contributed by atoms with E-state index in [1.807, 2.05) is 19.1 Å². The van der Waals surface area contributed by atoms with Crippen LogP contribution in [0.15, 0.2) is 60.8 Å². The molecule has 0 N–H and O–H groups in total. The number of imide groups is 1. The predicted octanol–water partition coefficient (Wildman–Crippen LogP) is 5.61. The van der Waals surface area contributed by atoms with E-state index < -0.39 is 6.09 Å². The maximum Gasteiger partial charge on any atom is 0.416 e. The summed E-state index contributed by atoms with van der Waals surface area (Å²) in [6.45, 7) is 11.7. The highest BCUT2D eigenvalue weighted by Crippen LogP contribution is 2.33. The summed E-state index contributed by atoms with van der Waals surface area (Å²) in [4.78, 5) is 24.1. The fourth-order valence-electron chi connectivity index (χ4n) is 2.86. The van der Waals surface area contributed by atoms with Gasteiger partial charge in [0.1, 0.15) is 6.61 Å². The van der Waals surface area contributed by atoms with E-state index in [0.717, 1.165) is 12.8 Å². The van der Waals surface area contributed by atoms with Crippen LogP contribution < -0.4 is 0 Å². The average molecular weight is 404 g/mol. The highest BCUT2D eigenvalue weighted by atomic mass is 16.6. The molecule has 1 heterocycles. The standard InChI is InChI=1S/C14H21NO3.C8H10.C2H6O/c1-5-7-8-14(4,6-2)9-12-10-18-13(17)15(12)11(3)16;1-8-6-4-2-3-5-7-8;1-3-2/h5-7,12H,2,8-10H2,1,3-4H3;2-6H,7H2,1H3;1-2H3/b7-5-;;/t12-,14?;;/m0../s1. The number of carbonyl (C=O) groups is 2. The molecule has 1 saturated heterocycles. The number of amides is 2. The Morgan fingerprint density at radius 3 is 2.59 bits per heavy atom. The lowest BCUT2D eigenvalue weighted by Gasteiger charge is -2.29. The molecule has 0 aromatic heterocycles. The van der Waals surface area contributed by atoms with Gasteiger partial charge < -0.3 is 9.47 Å². The van der Waals surface area contributed by atoms with Crippen LogP contribution >= 0.6 is 0 Å². The molecular formula is C24H37NO4. The number of methoxy groups -OCH3 is 1. The Bertz CT molecular complexity index is 645. The monoisotopic (exact) mass is 403 g/mol. The predicted molar refractivity (Wildman–Crippen MR) is 120 cm³/mol. The van der Waals surface area contributed by atoms with Crippen LogP contribution in [0.3, 0.4) is 0 Å². The van der Waals surface area contributed by atoms with E-state index in [1.54, 1.807) is 14.2 Å². The summed E-state index contributed by atoms with van der Waals surface area (Å²) in [6.07, 6.45) is 18.5. The van der Waals surface area contributed by atoms with Gasteiger partial charge in [-0.25, -0.2) is 9.69 Å². The normalized spacial score (nSPS) is 19.8. The molecule has 1 fully saturated rings. The quantitative estimate of drug-likeness (QED) is 0.560. The summed E-state index contributed by atoms with van der Waals surface area (Å²) in [5.41, 5.74) is 1.29.